The minimum Gasteiger partial charge on any atom is -0.376 e. The third kappa shape index (κ3) is 3.73. The number of nitrogens with one attached hydrogen (secondary N) is 1. The van der Waals surface area contributed by atoms with E-state index >= 15 is 0 Å². The summed E-state index contributed by atoms with van der Waals surface area (Å²) in [7, 11) is 0. The molecule has 0 aliphatic rings. The van der Waals surface area contributed by atoms with Crippen LogP contribution >= 0.6 is 0 Å². The highest BCUT2D eigenvalue weighted by Crippen LogP contribution is 1.93. The molecule has 54 valence electrons. The van der Waals surface area contributed by atoms with Crippen LogP contribution < -0.4 is 5.32 Å². The Bertz CT molecular complexity index is 163. The van der Waals surface area contributed by atoms with Crippen LogP contribution in [0.25, 0.3) is 0 Å². The molecule has 0 spiro atoms. The average molecular weight is 136 g/mol. The molecule has 0 saturated carbocycles. The van der Waals surface area contributed by atoms with Gasteiger partial charge in [0, 0.05) is 5.70 Å². The first-order valence-corrected chi connectivity index (χ1v) is 3.27. The summed E-state index contributed by atoms with van der Waals surface area (Å²) in [6.45, 7) is 5.95. The number of nitrogens with zero attached hydrogens (tertiary/aromatic N) is 1. The van der Waals surface area contributed by atoms with E-state index in [-0.39, 0.29) is 0 Å². The van der Waals surface area contributed by atoms with Crippen LogP contribution in [-0.4, -0.2) is 6.54 Å². The Morgan fingerprint density at radius 2 is 2.50 bits per heavy atom. The van der Waals surface area contributed by atoms with E-state index < -0.39 is 0 Å². The number of nitriles is 1. The van der Waals surface area contributed by atoms with Crippen molar-refractivity contribution in [2.75, 3.05) is 6.54 Å². The van der Waals surface area contributed by atoms with Gasteiger partial charge in [0.05, 0.1) is 6.07 Å². The maximum absolute atomic E-state index is 8.21. The van der Waals surface area contributed by atoms with E-state index in [1.807, 2.05) is 19.1 Å². The molecule has 0 fully saturated rings. The number of hydrogen-bond donors (Lipinski definition) is 1. The van der Waals surface area contributed by atoms with Crippen LogP contribution in [0.15, 0.2) is 24.4 Å². The summed E-state index contributed by atoms with van der Waals surface area (Å²) in [6.07, 6.45) is 4.49. The predicted octanol–water partition coefficient (Wildman–Crippen LogP) is 1.58. The fourth-order valence-corrected chi connectivity index (χ4v) is 0.597. The second kappa shape index (κ2) is 5.90. The van der Waals surface area contributed by atoms with E-state index in [1.165, 1.54) is 0 Å². The lowest BCUT2D eigenvalue weighted by Gasteiger charge is -2.01. The van der Waals surface area contributed by atoms with Gasteiger partial charge in [0.2, 0.25) is 0 Å². The largest absolute Gasteiger partial charge is 0.376 e. The van der Waals surface area contributed by atoms with E-state index in [0.717, 1.165) is 12.1 Å². The Hall–Kier alpha value is -1.23. The maximum Gasteiger partial charge on any atom is 0.103 e. The molecule has 0 amide bonds. The zero-order valence-electron chi connectivity index (χ0n) is 6.22. The second-order valence-corrected chi connectivity index (χ2v) is 1.79. The minimum atomic E-state index is 0.369. The summed E-state index contributed by atoms with van der Waals surface area (Å²) in [5.41, 5.74) is 1.05. The van der Waals surface area contributed by atoms with Gasteiger partial charge < -0.3 is 5.32 Å². The van der Waals surface area contributed by atoms with Crippen LogP contribution in [0, 0.1) is 11.3 Å². The average Bonchev–Trinajstić information content (AvgIpc) is 1.98. The first-order chi connectivity index (χ1) is 4.85. The number of hydrogen-bond acceptors (Lipinski definition) is 2. The van der Waals surface area contributed by atoms with Crippen LogP contribution in [0.2, 0.25) is 0 Å². The van der Waals surface area contributed by atoms with Gasteiger partial charge in [0.1, 0.15) is 6.54 Å². The first-order valence-electron chi connectivity index (χ1n) is 3.27. The smallest absolute Gasteiger partial charge is 0.103 e. The summed E-state index contributed by atoms with van der Waals surface area (Å²) in [4.78, 5) is 0. The first kappa shape index (κ1) is 8.77. The topological polar surface area (TPSA) is 35.8 Å². The molecule has 10 heavy (non-hydrogen) atoms. The van der Waals surface area contributed by atoms with E-state index in [0.29, 0.717) is 6.54 Å². The number of allylic oxidation sites excluding steroid dienone is 3. The highest BCUT2D eigenvalue weighted by atomic mass is 14.9. The summed E-state index contributed by atoms with van der Waals surface area (Å²) >= 11 is 0. The molecule has 0 rings (SSSR count). The van der Waals surface area contributed by atoms with E-state index in [2.05, 4.69) is 11.9 Å². The maximum atomic E-state index is 8.21. The fraction of sp³-hybridized carbons (Fsp3) is 0.375. The van der Waals surface area contributed by atoms with Crippen LogP contribution in [0.1, 0.15) is 13.3 Å². The molecule has 0 saturated heterocycles. The van der Waals surface area contributed by atoms with Crippen molar-refractivity contribution >= 4 is 0 Å². The Morgan fingerprint density at radius 1 is 1.80 bits per heavy atom. The Labute approximate surface area is 61.9 Å². The summed E-state index contributed by atoms with van der Waals surface area (Å²) in [5.74, 6) is 0. The number of rotatable bonds is 4. The normalized spacial score (nSPS) is 10.2. The predicted molar refractivity (Wildman–Crippen MR) is 42.2 cm³/mol. The quantitative estimate of drug-likeness (QED) is 0.470. The monoisotopic (exact) mass is 136 g/mol. The second-order valence-electron chi connectivity index (χ2n) is 1.79. The van der Waals surface area contributed by atoms with Crippen LogP contribution in [0.5, 0.6) is 0 Å². The SMILES string of the molecule is C=C/C=C(\CC)NCC#N. The van der Waals surface area contributed by atoms with Crippen molar-refractivity contribution in [1.82, 2.24) is 5.32 Å². The molecule has 0 aromatic heterocycles. The van der Waals surface area contributed by atoms with Crippen molar-refractivity contribution in [3.05, 3.63) is 24.4 Å². The highest BCUT2D eigenvalue weighted by molar-refractivity contribution is 5.08. The Kier molecular flexibility index (Phi) is 5.17. The third-order valence-corrected chi connectivity index (χ3v) is 1.09. The van der Waals surface area contributed by atoms with Gasteiger partial charge in [0.15, 0.2) is 0 Å². The molecule has 2 heteroatoms. The van der Waals surface area contributed by atoms with Gasteiger partial charge in [-0.25, -0.2) is 0 Å². The molecule has 0 aromatic carbocycles. The molecular formula is C8H12N2. The lowest BCUT2D eigenvalue weighted by atomic mass is 10.3. The van der Waals surface area contributed by atoms with E-state index in [4.69, 9.17) is 5.26 Å². The lowest BCUT2D eigenvalue weighted by Crippen LogP contribution is -2.12. The highest BCUT2D eigenvalue weighted by Gasteiger charge is 1.87. The molecular weight excluding hydrogens is 124 g/mol. The lowest BCUT2D eigenvalue weighted by molar-refractivity contribution is 0.849. The van der Waals surface area contributed by atoms with Crippen LogP contribution in [0.4, 0.5) is 0 Å². The molecule has 0 aromatic rings. The summed E-state index contributed by atoms with van der Waals surface area (Å²) in [5, 5.41) is 11.2. The molecule has 0 unspecified atom stereocenters. The van der Waals surface area contributed by atoms with E-state index in [1.54, 1.807) is 6.08 Å². The van der Waals surface area contributed by atoms with Crippen molar-refractivity contribution in [2.45, 2.75) is 13.3 Å². The van der Waals surface area contributed by atoms with Crippen molar-refractivity contribution in [2.24, 2.45) is 0 Å². The van der Waals surface area contributed by atoms with Gasteiger partial charge in [-0.15, -0.1) is 0 Å². The molecule has 0 heterocycles. The third-order valence-electron chi connectivity index (χ3n) is 1.09. The zero-order valence-corrected chi connectivity index (χ0v) is 6.22. The van der Waals surface area contributed by atoms with Crippen molar-refractivity contribution < 1.29 is 0 Å². The molecule has 0 aliphatic carbocycles. The van der Waals surface area contributed by atoms with Crippen molar-refractivity contribution in [3.8, 4) is 6.07 Å². The van der Waals surface area contributed by atoms with E-state index in [9.17, 15) is 0 Å². The van der Waals surface area contributed by atoms with Gasteiger partial charge >= 0.3 is 0 Å². The molecule has 0 radical (unpaired) electrons. The van der Waals surface area contributed by atoms with Gasteiger partial charge in [0.25, 0.3) is 0 Å². The van der Waals surface area contributed by atoms with Crippen molar-refractivity contribution in [1.29, 1.82) is 5.26 Å². The van der Waals surface area contributed by atoms with Gasteiger partial charge in [-0.05, 0) is 12.5 Å². The van der Waals surface area contributed by atoms with Gasteiger partial charge in [-0.1, -0.05) is 19.6 Å². The zero-order chi connectivity index (χ0) is 7.82. The molecule has 0 bridgehead atoms. The van der Waals surface area contributed by atoms with Gasteiger partial charge in [-0.2, -0.15) is 5.26 Å². The van der Waals surface area contributed by atoms with Gasteiger partial charge in [-0.3, -0.25) is 0 Å². The standard InChI is InChI=1S/C8H12N2/c1-3-5-8(4-2)10-7-6-9/h3,5,10H,1,4,7H2,2H3/b8-5+. The molecule has 0 aliphatic heterocycles. The minimum absolute atomic E-state index is 0.369. The molecule has 0 atom stereocenters. The Balaban J connectivity index is 3.73. The van der Waals surface area contributed by atoms with Crippen molar-refractivity contribution in [3.63, 3.8) is 0 Å². The Morgan fingerprint density at radius 3 is 2.90 bits per heavy atom. The van der Waals surface area contributed by atoms with Crippen LogP contribution in [0.3, 0.4) is 0 Å². The molecule has 1 N–H and O–H groups in total. The fourth-order valence-electron chi connectivity index (χ4n) is 0.597. The summed E-state index contributed by atoms with van der Waals surface area (Å²) < 4.78 is 0. The van der Waals surface area contributed by atoms with Crippen LogP contribution in [-0.2, 0) is 0 Å². The molecule has 2 nitrogen and oxygen atoms in total. The summed E-state index contributed by atoms with van der Waals surface area (Å²) in [6, 6.07) is 2.00.